The van der Waals surface area contributed by atoms with Gasteiger partial charge in [0.15, 0.2) is 0 Å². The van der Waals surface area contributed by atoms with Crippen molar-refractivity contribution in [1.29, 1.82) is 0 Å². The Labute approximate surface area is 74.5 Å². The van der Waals surface area contributed by atoms with Crippen molar-refractivity contribution in [2.24, 2.45) is 5.92 Å². The van der Waals surface area contributed by atoms with Gasteiger partial charge in [-0.1, -0.05) is 25.0 Å². The van der Waals surface area contributed by atoms with Gasteiger partial charge in [0.2, 0.25) is 0 Å². The number of thioether (sulfide) groups is 1. The number of hydrogen-bond donors (Lipinski definition) is 0. The van der Waals surface area contributed by atoms with E-state index in [4.69, 9.17) is 0 Å². The van der Waals surface area contributed by atoms with Gasteiger partial charge in [0.1, 0.15) is 0 Å². The molecule has 0 aromatic heterocycles. The molecular weight excluding hydrogens is 152 g/mol. The van der Waals surface area contributed by atoms with Crippen molar-refractivity contribution in [3.05, 3.63) is 12.2 Å². The highest BCUT2D eigenvalue weighted by Gasteiger charge is 2.19. The second kappa shape index (κ2) is 5.70. The van der Waals surface area contributed by atoms with Crippen molar-refractivity contribution in [3.8, 4) is 0 Å². The second-order valence-electron chi connectivity index (χ2n) is 3.27. The Hall–Kier alpha value is 0.0900. The summed E-state index contributed by atoms with van der Waals surface area (Å²) in [6.45, 7) is 0. The second-order valence-corrected chi connectivity index (χ2v) is 4.26. The van der Waals surface area contributed by atoms with Crippen molar-refractivity contribution in [2.75, 3.05) is 12.0 Å². The smallest absolute Gasteiger partial charge is 0.00357 e. The monoisotopic (exact) mass is 170 g/mol. The first kappa shape index (κ1) is 9.18. The molecule has 0 bridgehead atoms. The lowest BCUT2D eigenvalue weighted by Gasteiger charge is -1.90. The molecule has 0 aliphatic heterocycles. The van der Waals surface area contributed by atoms with Gasteiger partial charge < -0.3 is 0 Å². The van der Waals surface area contributed by atoms with Crippen LogP contribution >= 0.6 is 11.8 Å². The van der Waals surface area contributed by atoms with E-state index in [-0.39, 0.29) is 0 Å². The molecule has 0 atom stereocenters. The van der Waals surface area contributed by atoms with Crippen LogP contribution in [0, 0.1) is 5.92 Å². The van der Waals surface area contributed by atoms with Crippen LogP contribution in [0.5, 0.6) is 0 Å². The molecular formula is C10H18S. The van der Waals surface area contributed by atoms with Gasteiger partial charge >= 0.3 is 0 Å². The lowest BCUT2D eigenvalue weighted by Crippen LogP contribution is -1.74. The zero-order chi connectivity index (χ0) is 7.94. The predicted octanol–water partition coefficient (Wildman–Crippen LogP) is 3.49. The molecule has 0 unspecified atom stereocenters. The van der Waals surface area contributed by atoms with Crippen LogP contribution in [0.25, 0.3) is 0 Å². The SMILES string of the molecule is CSCCC=CCCC1CC1. The maximum atomic E-state index is 2.36. The Balaban J connectivity index is 1.80. The van der Waals surface area contributed by atoms with Gasteiger partial charge in [-0.05, 0) is 37.2 Å². The minimum absolute atomic E-state index is 1.10. The average Bonchev–Trinajstić information content (AvgIpc) is 2.80. The molecule has 0 saturated heterocycles. The van der Waals surface area contributed by atoms with Crippen molar-refractivity contribution in [2.45, 2.75) is 32.1 Å². The largest absolute Gasteiger partial charge is 0.165 e. The zero-order valence-electron chi connectivity index (χ0n) is 7.38. The van der Waals surface area contributed by atoms with Gasteiger partial charge in [-0.2, -0.15) is 11.8 Å². The van der Waals surface area contributed by atoms with Crippen molar-refractivity contribution in [3.63, 3.8) is 0 Å². The zero-order valence-corrected chi connectivity index (χ0v) is 8.20. The Morgan fingerprint density at radius 2 is 2.00 bits per heavy atom. The van der Waals surface area contributed by atoms with Gasteiger partial charge in [0, 0.05) is 0 Å². The summed E-state index contributed by atoms with van der Waals surface area (Å²) < 4.78 is 0. The standard InChI is InChI=1S/C10H18S/c1-11-9-5-3-2-4-6-10-7-8-10/h2-3,10H,4-9H2,1H3. The molecule has 0 aromatic carbocycles. The van der Waals surface area contributed by atoms with Crippen molar-refractivity contribution >= 4 is 11.8 Å². The normalized spacial score (nSPS) is 17.9. The quantitative estimate of drug-likeness (QED) is 0.434. The van der Waals surface area contributed by atoms with Gasteiger partial charge in [0.25, 0.3) is 0 Å². The highest BCUT2D eigenvalue weighted by Crippen LogP contribution is 2.33. The lowest BCUT2D eigenvalue weighted by atomic mass is 10.2. The van der Waals surface area contributed by atoms with E-state index in [2.05, 4.69) is 18.4 Å². The number of allylic oxidation sites excluding steroid dienone is 2. The summed E-state index contributed by atoms with van der Waals surface area (Å²) in [5.74, 6) is 2.38. The van der Waals surface area contributed by atoms with E-state index >= 15 is 0 Å². The summed E-state index contributed by atoms with van der Waals surface area (Å²) in [5.41, 5.74) is 0. The van der Waals surface area contributed by atoms with Crippen LogP contribution in [-0.4, -0.2) is 12.0 Å². The molecule has 0 heterocycles. The summed E-state index contributed by atoms with van der Waals surface area (Å²) in [5, 5.41) is 0. The van der Waals surface area contributed by atoms with E-state index in [0.29, 0.717) is 0 Å². The summed E-state index contributed by atoms with van der Waals surface area (Å²) in [6, 6.07) is 0. The molecule has 1 fully saturated rings. The minimum atomic E-state index is 1.10. The first-order valence-corrected chi connectivity index (χ1v) is 5.97. The molecule has 1 aliphatic rings. The maximum absolute atomic E-state index is 2.36. The van der Waals surface area contributed by atoms with Crippen LogP contribution in [0.1, 0.15) is 32.1 Å². The first-order valence-electron chi connectivity index (χ1n) is 4.57. The van der Waals surface area contributed by atoms with Crippen LogP contribution in [0.15, 0.2) is 12.2 Å². The lowest BCUT2D eigenvalue weighted by molar-refractivity contribution is 0.740. The van der Waals surface area contributed by atoms with E-state index < -0.39 is 0 Å². The van der Waals surface area contributed by atoms with Gasteiger partial charge in [-0.15, -0.1) is 0 Å². The first-order chi connectivity index (χ1) is 5.43. The van der Waals surface area contributed by atoms with E-state index in [1.54, 1.807) is 0 Å². The van der Waals surface area contributed by atoms with Crippen LogP contribution in [-0.2, 0) is 0 Å². The van der Waals surface area contributed by atoms with Crippen LogP contribution in [0.2, 0.25) is 0 Å². The van der Waals surface area contributed by atoms with Crippen LogP contribution < -0.4 is 0 Å². The van der Waals surface area contributed by atoms with Crippen molar-refractivity contribution < 1.29 is 0 Å². The van der Waals surface area contributed by atoms with Gasteiger partial charge in [-0.25, -0.2) is 0 Å². The molecule has 0 N–H and O–H groups in total. The molecule has 0 aromatic rings. The third-order valence-electron chi connectivity index (χ3n) is 2.09. The summed E-state index contributed by atoms with van der Waals surface area (Å²) in [6.07, 6.45) is 13.9. The minimum Gasteiger partial charge on any atom is -0.165 e. The Morgan fingerprint density at radius 3 is 2.64 bits per heavy atom. The highest BCUT2D eigenvalue weighted by molar-refractivity contribution is 7.98. The van der Waals surface area contributed by atoms with Gasteiger partial charge in [-0.3, -0.25) is 0 Å². The molecule has 64 valence electrons. The molecule has 0 spiro atoms. The van der Waals surface area contributed by atoms with E-state index in [0.717, 1.165) is 5.92 Å². The fourth-order valence-electron chi connectivity index (χ4n) is 1.16. The summed E-state index contributed by atoms with van der Waals surface area (Å²) >= 11 is 1.93. The van der Waals surface area contributed by atoms with E-state index in [9.17, 15) is 0 Å². The molecule has 1 aliphatic carbocycles. The van der Waals surface area contributed by atoms with E-state index in [1.165, 1.54) is 37.9 Å². The fourth-order valence-corrected chi connectivity index (χ4v) is 1.53. The molecule has 1 saturated carbocycles. The van der Waals surface area contributed by atoms with Gasteiger partial charge in [0.05, 0.1) is 0 Å². The number of hydrogen-bond acceptors (Lipinski definition) is 1. The topological polar surface area (TPSA) is 0 Å². The average molecular weight is 170 g/mol. The third-order valence-corrected chi connectivity index (χ3v) is 2.74. The Kier molecular flexibility index (Phi) is 4.76. The Bertz CT molecular complexity index is 114. The van der Waals surface area contributed by atoms with Crippen LogP contribution in [0.3, 0.4) is 0 Å². The molecule has 11 heavy (non-hydrogen) atoms. The third kappa shape index (κ3) is 5.37. The molecule has 1 rings (SSSR count). The predicted molar refractivity (Wildman–Crippen MR) is 54.1 cm³/mol. The van der Waals surface area contributed by atoms with Crippen LogP contribution in [0.4, 0.5) is 0 Å². The maximum Gasteiger partial charge on any atom is -0.00357 e. The van der Waals surface area contributed by atoms with Crippen molar-refractivity contribution in [1.82, 2.24) is 0 Å². The molecule has 0 radical (unpaired) electrons. The van der Waals surface area contributed by atoms with E-state index in [1.807, 2.05) is 11.8 Å². The Morgan fingerprint density at radius 1 is 1.27 bits per heavy atom. The molecule has 0 nitrogen and oxygen atoms in total. The summed E-state index contributed by atoms with van der Waals surface area (Å²) in [4.78, 5) is 0. The molecule has 1 heteroatoms. The molecule has 0 amide bonds. The number of rotatable bonds is 6. The highest BCUT2D eigenvalue weighted by atomic mass is 32.2. The summed E-state index contributed by atoms with van der Waals surface area (Å²) in [7, 11) is 0. The fraction of sp³-hybridized carbons (Fsp3) is 0.800.